The van der Waals surface area contributed by atoms with Gasteiger partial charge in [0.05, 0.1) is 4.92 Å². The van der Waals surface area contributed by atoms with E-state index in [4.69, 9.17) is 9.84 Å². The zero-order valence-corrected chi connectivity index (χ0v) is 15.0. The number of aromatic carboxylic acids is 1. The predicted molar refractivity (Wildman–Crippen MR) is 94.7 cm³/mol. The largest absolute Gasteiger partial charge is 0.477 e. The molecule has 0 radical (unpaired) electrons. The van der Waals surface area contributed by atoms with E-state index in [1.807, 2.05) is 4.90 Å². The fourth-order valence-electron chi connectivity index (χ4n) is 2.85. The van der Waals surface area contributed by atoms with E-state index in [0.717, 1.165) is 12.8 Å². The summed E-state index contributed by atoms with van der Waals surface area (Å²) in [5.74, 6) is -1.34. The molecule has 142 valence electrons. The van der Waals surface area contributed by atoms with Gasteiger partial charge >= 0.3 is 12.1 Å². The van der Waals surface area contributed by atoms with E-state index in [2.05, 4.69) is 5.32 Å². The van der Waals surface area contributed by atoms with E-state index in [-0.39, 0.29) is 11.6 Å². The Morgan fingerprint density at radius 2 is 2.08 bits per heavy atom. The van der Waals surface area contributed by atoms with Gasteiger partial charge in [-0.3, -0.25) is 10.1 Å². The predicted octanol–water partition coefficient (Wildman–Crippen LogP) is 2.79. The van der Waals surface area contributed by atoms with Crippen molar-refractivity contribution in [3.63, 3.8) is 0 Å². The van der Waals surface area contributed by atoms with Crippen molar-refractivity contribution in [2.75, 3.05) is 18.0 Å². The van der Waals surface area contributed by atoms with Gasteiger partial charge in [-0.15, -0.1) is 0 Å². The summed E-state index contributed by atoms with van der Waals surface area (Å²) in [6.07, 6.45) is 1.05. The van der Waals surface area contributed by atoms with Crippen LogP contribution in [0.2, 0.25) is 0 Å². The number of hydrogen-bond donors (Lipinski definition) is 2. The second kappa shape index (κ2) is 7.59. The third-order valence-electron chi connectivity index (χ3n) is 3.92. The highest BCUT2D eigenvalue weighted by Gasteiger charge is 2.27. The van der Waals surface area contributed by atoms with E-state index in [1.165, 1.54) is 12.1 Å². The highest BCUT2D eigenvalue weighted by molar-refractivity contribution is 5.93. The number of alkyl carbamates (subject to hydrolysis) is 1. The number of carbonyl (C=O) groups is 2. The average Bonchev–Trinajstić information content (AvgIpc) is 2.52. The van der Waals surface area contributed by atoms with Gasteiger partial charge in [-0.2, -0.15) is 0 Å². The molecule has 0 spiro atoms. The van der Waals surface area contributed by atoms with Crippen LogP contribution >= 0.6 is 0 Å². The minimum absolute atomic E-state index is 0.156. The van der Waals surface area contributed by atoms with Crippen molar-refractivity contribution in [1.82, 2.24) is 5.32 Å². The summed E-state index contributed by atoms with van der Waals surface area (Å²) in [5.41, 5.74) is -0.833. The molecule has 26 heavy (non-hydrogen) atoms. The molecule has 1 heterocycles. The Balaban J connectivity index is 2.12. The Kier molecular flexibility index (Phi) is 5.69. The number of anilines is 1. The van der Waals surface area contributed by atoms with E-state index >= 15 is 0 Å². The van der Waals surface area contributed by atoms with Crippen molar-refractivity contribution in [1.29, 1.82) is 0 Å². The fraction of sp³-hybridized carbons (Fsp3) is 0.529. The zero-order valence-electron chi connectivity index (χ0n) is 15.0. The van der Waals surface area contributed by atoms with Crippen LogP contribution in [0.5, 0.6) is 0 Å². The van der Waals surface area contributed by atoms with Crippen molar-refractivity contribution in [3.05, 3.63) is 33.9 Å². The van der Waals surface area contributed by atoms with E-state index in [9.17, 15) is 19.7 Å². The fourth-order valence-corrected chi connectivity index (χ4v) is 2.85. The monoisotopic (exact) mass is 365 g/mol. The van der Waals surface area contributed by atoms with Crippen molar-refractivity contribution in [2.24, 2.45) is 0 Å². The van der Waals surface area contributed by atoms with Gasteiger partial charge in [-0.05, 0) is 45.7 Å². The maximum Gasteiger partial charge on any atom is 0.407 e. The first-order valence-electron chi connectivity index (χ1n) is 8.33. The molecule has 1 saturated heterocycles. The van der Waals surface area contributed by atoms with Crippen molar-refractivity contribution in [3.8, 4) is 0 Å². The Morgan fingerprint density at radius 3 is 2.65 bits per heavy atom. The van der Waals surface area contributed by atoms with Crippen molar-refractivity contribution in [2.45, 2.75) is 45.3 Å². The summed E-state index contributed by atoms with van der Waals surface area (Å²) in [6, 6.07) is 3.89. The molecule has 1 aromatic rings. The molecule has 9 nitrogen and oxygen atoms in total. The van der Waals surface area contributed by atoms with Crippen LogP contribution in [0, 0.1) is 10.1 Å². The summed E-state index contributed by atoms with van der Waals surface area (Å²) in [7, 11) is 0. The van der Waals surface area contributed by atoms with Crippen molar-refractivity contribution < 1.29 is 24.4 Å². The lowest BCUT2D eigenvalue weighted by molar-refractivity contribution is -0.385. The lowest BCUT2D eigenvalue weighted by Gasteiger charge is -2.35. The number of piperidine rings is 1. The normalized spacial score (nSPS) is 17.5. The minimum Gasteiger partial charge on any atom is -0.477 e. The molecular formula is C17H23N3O6. The van der Waals surface area contributed by atoms with Crippen LogP contribution < -0.4 is 10.2 Å². The van der Waals surface area contributed by atoms with Crippen molar-refractivity contribution >= 4 is 23.4 Å². The second-order valence-electron chi connectivity index (χ2n) is 7.20. The first kappa shape index (κ1) is 19.5. The smallest absolute Gasteiger partial charge is 0.407 e. The van der Waals surface area contributed by atoms with Gasteiger partial charge in [0, 0.05) is 30.9 Å². The molecular weight excluding hydrogens is 342 g/mol. The number of benzene rings is 1. The number of ether oxygens (including phenoxy) is 1. The third-order valence-corrected chi connectivity index (χ3v) is 3.92. The van der Waals surface area contributed by atoms with E-state index in [0.29, 0.717) is 18.8 Å². The molecule has 1 aliphatic rings. The number of rotatable bonds is 4. The molecule has 0 saturated carbocycles. The highest BCUT2D eigenvalue weighted by Crippen LogP contribution is 2.28. The molecule has 1 atom stereocenters. The summed E-state index contributed by atoms with van der Waals surface area (Å²) < 4.78 is 5.25. The minimum atomic E-state index is -1.34. The van der Waals surface area contributed by atoms with Crippen LogP contribution in [-0.4, -0.2) is 46.8 Å². The summed E-state index contributed by atoms with van der Waals surface area (Å²) in [4.78, 5) is 35.4. The number of nitro benzene ring substituents is 1. The molecule has 0 aromatic heterocycles. The summed E-state index contributed by atoms with van der Waals surface area (Å²) >= 11 is 0. The van der Waals surface area contributed by atoms with E-state index in [1.54, 1.807) is 26.8 Å². The summed E-state index contributed by atoms with van der Waals surface area (Å²) in [5, 5.41) is 23.0. The SMILES string of the molecule is CC(C)(C)OC(=O)N[C@H]1CCCN(c2ccc(C(=O)O)c([N+](=O)[O-])c2)C1. The van der Waals surface area contributed by atoms with Crippen LogP contribution in [0.25, 0.3) is 0 Å². The number of nitrogens with zero attached hydrogens (tertiary/aromatic N) is 2. The first-order chi connectivity index (χ1) is 12.1. The molecule has 2 rings (SSSR count). The molecule has 9 heteroatoms. The van der Waals surface area contributed by atoms with Crippen LogP contribution in [0.3, 0.4) is 0 Å². The van der Waals surface area contributed by atoms with Crippen LogP contribution in [-0.2, 0) is 4.74 Å². The lowest BCUT2D eigenvalue weighted by Crippen LogP contribution is -2.49. The Bertz CT molecular complexity index is 713. The maximum absolute atomic E-state index is 11.9. The summed E-state index contributed by atoms with van der Waals surface area (Å²) in [6.45, 7) is 6.47. The molecule has 0 bridgehead atoms. The molecule has 1 aromatic carbocycles. The molecule has 0 unspecified atom stereocenters. The zero-order chi connectivity index (χ0) is 19.5. The third kappa shape index (κ3) is 5.08. The van der Waals surface area contributed by atoms with Gasteiger partial charge in [0.1, 0.15) is 11.2 Å². The van der Waals surface area contributed by atoms with Gasteiger partial charge in [-0.25, -0.2) is 9.59 Å². The Hall–Kier alpha value is -2.84. The number of nitrogens with one attached hydrogen (secondary N) is 1. The molecule has 1 amide bonds. The Labute approximate surface area is 151 Å². The number of amides is 1. The van der Waals surface area contributed by atoms with Crippen LogP contribution in [0.1, 0.15) is 44.0 Å². The first-order valence-corrected chi connectivity index (χ1v) is 8.33. The van der Waals surface area contributed by atoms with Crippen LogP contribution in [0.15, 0.2) is 18.2 Å². The molecule has 0 aliphatic carbocycles. The number of carbonyl (C=O) groups excluding carboxylic acids is 1. The second-order valence-corrected chi connectivity index (χ2v) is 7.20. The quantitative estimate of drug-likeness (QED) is 0.621. The standard InChI is InChI=1S/C17H23N3O6/c1-17(2,3)26-16(23)18-11-5-4-8-19(10-11)12-6-7-13(15(21)22)14(9-12)20(24)25/h6-7,9,11H,4-5,8,10H2,1-3H3,(H,18,23)(H,21,22)/t11-/m0/s1. The number of nitro groups is 1. The molecule has 2 N–H and O–H groups in total. The van der Waals surface area contributed by atoms with Gasteiger partial charge in [0.15, 0.2) is 0 Å². The highest BCUT2D eigenvalue weighted by atomic mass is 16.6. The topological polar surface area (TPSA) is 122 Å². The van der Waals surface area contributed by atoms with Crippen LogP contribution in [0.4, 0.5) is 16.2 Å². The van der Waals surface area contributed by atoms with Gasteiger partial charge in [0.2, 0.25) is 0 Å². The van der Waals surface area contributed by atoms with Gasteiger partial charge in [-0.1, -0.05) is 0 Å². The number of hydrogen-bond acceptors (Lipinski definition) is 6. The number of carboxylic acid groups (broad SMARTS) is 1. The lowest BCUT2D eigenvalue weighted by atomic mass is 10.0. The van der Waals surface area contributed by atoms with Gasteiger partial charge in [0.25, 0.3) is 5.69 Å². The number of carboxylic acids is 1. The average molecular weight is 365 g/mol. The molecule has 1 fully saturated rings. The van der Waals surface area contributed by atoms with E-state index < -0.39 is 28.3 Å². The Morgan fingerprint density at radius 1 is 1.38 bits per heavy atom. The maximum atomic E-state index is 11.9. The molecule has 1 aliphatic heterocycles. The van der Waals surface area contributed by atoms with Gasteiger partial charge < -0.3 is 20.1 Å².